The lowest BCUT2D eigenvalue weighted by Gasteiger charge is -2.07. The van der Waals surface area contributed by atoms with Crippen LogP contribution in [0.1, 0.15) is 0 Å². The van der Waals surface area contributed by atoms with Crippen molar-refractivity contribution in [3.63, 3.8) is 0 Å². The molecule has 0 atom stereocenters. The summed E-state index contributed by atoms with van der Waals surface area (Å²) in [4.78, 5) is 4.08. The summed E-state index contributed by atoms with van der Waals surface area (Å²) in [5, 5.41) is 0. The molecule has 0 N–H and O–H groups in total. The van der Waals surface area contributed by atoms with Crippen LogP contribution in [0.3, 0.4) is 0 Å². The quantitative estimate of drug-likeness (QED) is 0.777. The normalized spacial score (nSPS) is 10.2. The Balaban J connectivity index is 2.54. The van der Waals surface area contributed by atoms with Crippen LogP contribution in [0.2, 0.25) is 0 Å². The summed E-state index contributed by atoms with van der Waals surface area (Å²) >= 11 is 0. The molecular weight excluding hydrogens is 212 g/mol. The fraction of sp³-hybridized carbons (Fsp3) is 0.0833. The van der Waals surface area contributed by atoms with Crippen LogP contribution in [0, 0.1) is 11.6 Å². The highest BCUT2D eigenvalue weighted by molar-refractivity contribution is 5.65. The Kier molecular flexibility index (Phi) is 2.81. The van der Waals surface area contributed by atoms with E-state index in [0.717, 1.165) is 12.1 Å². The van der Waals surface area contributed by atoms with Gasteiger partial charge in [0.15, 0.2) is 11.6 Å². The molecule has 0 aliphatic carbocycles. The van der Waals surface area contributed by atoms with Gasteiger partial charge >= 0.3 is 0 Å². The van der Waals surface area contributed by atoms with Gasteiger partial charge in [-0.2, -0.15) is 0 Å². The Morgan fingerprint density at radius 1 is 1.12 bits per heavy atom. The molecule has 0 bridgehead atoms. The molecule has 1 aromatic heterocycles. The molecule has 0 aliphatic heterocycles. The van der Waals surface area contributed by atoms with Crippen molar-refractivity contribution in [1.29, 1.82) is 0 Å². The van der Waals surface area contributed by atoms with E-state index in [4.69, 9.17) is 4.74 Å². The van der Waals surface area contributed by atoms with Gasteiger partial charge in [-0.25, -0.2) is 8.78 Å². The number of pyridine rings is 1. The van der Waals surface area contributed by atoms with Gasteiger partial charge in [-0.3, -0.25) is 4.98 Å². The van der Waals surface area contributed by atoms with E-state index in [9.17, 15) is 8.78 Å². The van der Waals surface area contributed by atoms with E-state index in [1.54, 1.807) is 18.3 Å². The van der Waals surface area contributed by atoms with Gasteiger partial charge in [-0.05, 0) is 30.3 Å². The molecule has 1 heterocycles. The number of benzene rings is 1. The maximum Gasteiger partial charge on any atom is 0.159 e. The van der Waals surface area contributed by atoms with Crippen molar-refractivity contribution in [2.24, 2.45) is 0 Å². The third-order valence-corrected chi connectivity index (χ3v) is 2.18. The number of nitrogens with zero attached hydrogens (tertiary/aromatic N) is 1. The third kappa shape index (κ3) is 1.86. The average Bonchev–Trinajstić information content (AvgIpc) is 2.32. The summed E-state index contributed by atoms with van der Waals surface area (Å²) in [5.74, 6) is -1.25. The lowest BCUT2D eigenvalue weighted by Crippen LogP contribution is -1.92. The van der Waals surface area contributed by atoms with Crippen molar-refractivity contribution in [1.82, 2.24) is 4.98 Å². The summed E-state index contributed by atoms with van der Waals surface area (Å²) in [6.07, 6.45) is 1.57. The molecule has 0 aliphatic rings. The molecule has 0 saturated heterocycles. The molecule has 2 rings (SSSR count). The molecule has 0 saturated carbocycles. The molecule has 4 heteroatoms. The fourth-order valence-electron chi connectivity index (χ4n) is 1.42. The maximum absolute atomic E-state index is 13.1. The van der Waals surface area contributed by atoms with Crippen molar-refractivity contribution >= 4 is 0 Å². The summed E-state index contributed by atoms with van der Waals surface area (Å²) in [5.41, 5.74) is 0.972. The van der Waals surface area contributed by atoms with Crippen LogP contribution in [0.5, 0.6) is 5.75 Å². The lowest BCUT2D eigenvalue weighted by molar-refractivity contribution is 0.414. The summed E-state index contributed by atoms with van der Waals surface area (Å²) < 4.78 is 30.9. The van der Waals surface area contributed by atoms with Crippen LogP contribution < -0.4 is 4.74 Å². The second kappa shape index (κ2) is 4.26. The minimum Gasteiger partial charge on any atom is -0.494 e. The van der Waals surface area contributed by atoms with Gasteiger partial charge in [-0.15, -0.1) is 0 Å². The first kappa shape index (κ1) is 10.5. The van der Waals surface area contributed by atoms with E-state index in [0.29, 0.717) is 17.0 Å². The van der Waals surface area contributed by atoms with Crippen LogP contribution in [0.25, 0.3) is 11.3 Å². The Bertz CT molecular complexity index is 514. The molecule has 0 spiro atoms. The molecule has 1 aromatic carbocycles. The van der Waals surface area contributed by atoms with Gasteiger partial charge in [-0.1, -0.05) is 0 Å². The highest BCUT2D eigenvalue weighted by Gasteiger charge is 2.09. The molecule has 82 valence electrons. The Morgan fingerprint density at radius 3 is 2.62 bits per heavy atom. The largest absolute Gasteiger partial charge is 0.494 e. The van der Waals surface area contributed by atoms with E-state index in [-0.39, 0.29) is 0 Å². The van der Waals surface area contributed by atoms with Gasteiger partial charge < -0.3 is 4.74 Å². The highest BCUT2D eigenvalue weighted by atomic mass is 19.2. The van der Waals surface area contributed by atoms with Crippen molar-refractivity contribution < 1.29 is 13.5 Å². The number of ether oxygens (including phenoxy) is 1. The molecule has 0 fully saturated rings. The summed E-state index contributed by atoms with van der Waals surface area (Å²) in [6.45, 7) is 0. The van der Waals surface area contributed by atoms with E-state index in [2.05, 4.69) is 4.98 Å². The molecule has 2 nitrogen and oxygen atoms in total. The predicted octanol–water partition coefficient (Wildman–Crippen LogP) is 3.04. The Hall–Kier alpha value is -1.97. The van der Waals surface area contributed by atoms with Crippen LogP contribution in [-0.4, -0.2) is 12.1 Å². The van der Waals surface area contributed by atoms with Gasteiger partial charge in [0.2, 0.25) is 0 Å². The first-order chi connectivity index (χ1) is 7.72. The van der Waals surface area contributed by atoms with Crippen molar-refractivity contribution in [2.75, 3.05) is 7.11 Å². The minimum atomic E-state index is -0.898. The first-order valence-electron chi connectivity index (χ1n) is 4.67. The molecule has 16 heavy (non-hydrogen) atoms. The van der Waals surface area contributed by atoms with Gasteiger partial charge in [0.25, 0.3) is 0 Å². The van der Waals surface area contributed by atoms with Gasteiger partial charge in [0, 0.05) is 11.8 Å². The number of hydrogen-bond acceptors (Lipinski definition) is 2. The summed E-state index contributed by atoms with van der Waals surface area (Å²) in [6, 6.07) is 7.05. The Morgan fingerprint density at radius 2 is 1.94 bits per heavy atom. The van der Waals surface area contributed by atoms with Crippen molar-refractivity contribution in [3.8, 4) is 17.0 Å². The van der Waals surface area contributed by atoms with Crippen LogP contribution in [0.15, 0.2) is 36.5 Å². The molecule has 0 radical (unpaired) electrons. The van der Waals surface area contributed by atoms with Crippen molar-refractivity contribution in [3.05, 3.63) is 48.2 Å². The number of methoxy groups -OCH3 is 1. The molecule has 0 amide bonds. The van der Waals surface area contributed by atoms with Crippen LogP contribution in [0.4, 0.5) is 8.78 Å². The number of rotatable bonds is 2. The van der Waals surface area contributed by atoms with Gasteiger partial charge in [0.1, 0.15) is 11.4 Å². The maximum atomic E-state index is 13.1. The highest BCUT2D eigenvalue weighted by Crippen LogP contribution is 2.27. The zero-order chi connectivity index (χ0) is 11.5. The van der Waals surface area contributed by atoms with E-state index < -0.39 is 11.6 Å². The smallest absolute Gasteiger partial charge is 0.159 e. The topological polar surface area (TPSA) is 22.1 Å². The Labute approximate surface area is 91.5 Å². The SMILES string of the molecule is COc1cccnc1-c1ccc(F)c(F)c1. The standard InChI is InChI=1S/C12H9F2NO/c1-16-11-3-2-6-15-12(11)8-4-5-9(13)10(14)7-8/h2-7H,1H3. The van der Waals surface area contributed by atoms with Crippen LogP contribution >= 0.6 is 0 Å². The third-order valence-electron chi connectivity index (χ3n) is 2.18. The number of aromatic nitrogens is 1. The van der Waals surface area contributed by atoms with Crippen molar-refractivity contribution in [2.45, 2.75) is 0 Å². The van der Waals surface area contributed by atoms with Crippen LogP contribution in [-0.2, 0) is 0 Å². The second-order valence-electron chi connectivity index (χ2n) is 3.18. The first-order valence-corrected chi connectivity index (χ1v) is 4.67. The average molecular weight is 221 g/mol. The predicted molar refractivity (Wildman–Crippen MR) is 56.1 cm³/mol. The summed E-state index contributed by atoms with van der Waals surface area (Å²) in [7, 11) is 1.50. The van der Waals surface area contributed by atoms with E-state index in [1.807, 2.05) is 0 Å². The number of hydrogen-bond donors (Lipinski definition) is 0. The second-order valence-corrected chi connectivity index (χ2v) is 3.18. The van der Waals surface area contributed by atoms with Gasteiger partial charge in [0.05, 0.1) is 7.11 Å². The fourth-order valence-corrected chi connectivity index (χ4v) is 1.42. The number of halogens is 2. The zero-order valence-electron chi connectivity index (χ0n) is 8.58. The monoisotopic (exact) mass is 221 g/mol. The van der Waals surface area contributed by atoms with E-state index >= 15 is 0 Å². The zero-order valence-corrected chi connectivity index (χ0v) is 8.58. The molecular formula is C12H9F2NO. The van der Waals surface area contributed by atoms with E-state index in [1.165, 1.54) is 13.2 Å². The molecule has 2 aromatic rings. The molecule has 0 unspecified atom stereocenters. The lowest BCUT2D eigenvalue weighted by atomic mass is 10.1. The minimum absolute atomic E-state index is 0.483.